The first-order chi connectivity index (χ1) is 18.1. The molecule has 0 saturated carbocycles. The molecule has 2 saturated heterocycles. The van der Waals surface area contributed by atoms with E-state index < -0.39 is 0 Å². The third kappa shape index (κ3) is 5.81. The average molecular weight is 524 g/mol. The molecule has 10 nitrogen and oxygen atoms in total. The van der Waals surface area contributed by atoms with Crippen LogP contribution >= 0.6 is 11.3 Å². The minimum absolute atomic E-state index is 0.282. The van der Waals surface area contributed by atoms with E-state index in [0.717, 1.165) is 86.1 Å². The molecular formula is C26H37N9OS. The maximum absolute atomic E-state index is 9.14. The standard InChI is InChI=1S/C26H37N9OS/c1-4-19-14-18(15-20(5-2)35(19)8-6-7-27)28-26-30-24(29-22-13-17(3)32-33-22)21-16-23(37-25(21)31-26)34-9-11-36-12-10-34/h13,16,18-20H,4-6,8-12,14-15H2,1-3H3,(H3,28,29,30,31,32,33). The molecule has 2 fully saturated rings. The number of hydrogen-bond donors (Lipinski definition) is 3. The number of aromatic nitrogens is 4. The van der Waals surface area contributed by atoms with E-state index >= 15 is 0 Å². The van der Waals surface area contributed by atoms with Gasteiger partial charge in [0.05, 0.1) is 29.7 Å². The highest BCUT2D eigenvalue weighted by molar-refractivity contribution is 7.22. The number of nitrogens with one attached hydrogen (secondary N) is 3. The summed E-state index contributed by atoms with van der Waals surface area (Å²) < 4.78 is 5.55. The molecule has 11 heteroatoms. The average Bonchev–Trinajstić information content (AvgIpc) is 3.54. The lowest BCUT2D eigenvalue weighted by Gasteiger charge is -2.45. The van der Waals surface area contributed by atoms with Crippen LogP contribution in [0.1, 0.15) is 51.6 Å². The van der Waals surface area contributed by atoms with Gasteiger partial charge in [0.15, 0.2) is 5.82 Å². The predicted octanol–water partition coefficient (Wildman–Crippen LogP) is 4.65. The lowest BCUT2D eigenvalue weighted by Crippen LogP contribution is -2.52. The number of hydrogen-bond acceptors (Lipinski definition) is 10. The largest absolute Gasteiger partial charge is 0.378 e. The Morgan fingerprint density at radius 3 is 2.57 bits per heavy atom. The first kappa shape index (κ1) is 25.7. The number of thiophene rings is 1. The number of aryl methyl sites for hydroxylation is 1. The molecule has 3 aromatic rings. The van der Waals surface area contributed by atoms with Crippen molar-refractivity contribution < 1.29 is 4.74 Å². The van der Waals surface area contributed by atoms with Crippen LogP contribution < -0.4 is 15.5 Å². The Morgan fingerprint density at radius 1 is 1.16 bits per heavy atom. The van der Waals surface area contributed by atoms with Gasteiger partial charge in [-0.3, -0.25) is 10.00 Å². The van der Waals surface area contributed by atoms with Crippen molar-refractivity contribution in [2.75, 3.05) is 48.4 Å². The second-order valence-corrected chi connectivity index (χ2v) is 11.0. The van der Waals surface area contributed by atoms with E-state index in [0.29, 0.717) is 24.5 Å². The van der Waals surface area contributed by atoms with Gasteiger partial charge in [0.2, 0.25) is 5.95 Å². The molecule has 3 N–H and O–H groups in total. The van der Waals surface area contributed by atoms with Crippen LogP contribution in [0.4, 0.5) is 22.6 Å². The van der Waals surface area contributed by atoms with Crippen LogP contribution in [-0.2, 0) is 4.74 Å². The first-order valence-corrected chi connectivity index (χ1v) is 14.2. The maximum Gasteiger partial charge on any atom is 0.226 e. The zero-order chi connectivity index (χ0) is 25.8. The Kier molecular flexibility index (Phi) is 8.08. The zero-order valence-electron chi connectivity index (χ0n) is 22.0. The van der Waals surface area contributed by atoms with Gasteiger partial charge in [-0.2, -0.15) is 15.3 Å². The molecular weight excluding hydrogens is 486 g/mol. The smallest absolute Gasteiger partial charge is 0.226 e. The van der Waals surface area contributed by atoms with Crippen LogP contribution in [0, 0.1) is 18.3 Å². The van der Waals surface area contributed by atoms with Gasteiger partial charge in [-0.05, 0) is 38.7 Å². The van der Waals surface area contributed by atoms with Crippen molar-refractivity contribution in [3.05, 3.63) is 17.8 Å². The van der Waals surface area contributed by atoms with Crippen molar-refractivity contribution in [2.24, 2.45) is 0 Å². The number of H-pyrrole nitrogens is 1. The van der Waals surface area contributed by atoms with Crippen LogP contribution in [0.2, 0.25) is 0 Å². The zero-order valence-corrected chi connectivity index (χ0v) is 22.8. The van der Waals surface area contributed by atoms with Crippen LogP contribution in [0.5, 0.6) is 0 Å². The fourth-order valence-electron chi connectivity index (χ4n) is 5.58. The number of morpholine rings is 1. The van der Waals surface area contributed by atoms with Gasteiger partial charge < -0.3 is 20.3 Å². The molecule has 5 rings (SSSR count). The summed E-state index contributed by atoms with van der Waals surface area (Å²) in [5.74, 6) is 2.16. The minimum atomic E-state index is 0.282. The summed E-state index contributed by atoms with van der Waals surface area (Å²) in [4.78, 5) is 15.8. The van der Waals surface area contributed by atoms with E-state index in [1.54, 1.807) is 11.3 Å². The van der Waals surface area contributed by atoms with Crippen molar-refractivity contribution in [1.82, 2.24) is 25.1 Å². The molecule has 2 aliphatic rings. The summed E-state index contributed by atoms with van der Waals surface area (Å²) in [6.07, 6.45) is 4.75. The summed E-state index contributed by atoms with van der Waals surface area (Å²) in [5.41, 5.74) is 0.991. The van der Waals surface area contributed by atoms with Crippen molar-refractivity contribution in [3.8, 4) is 6.07 Å². The SMILES string of the molecule is CCC1CC(Nc2nc(Nc3cc(C)[nH]n3)c3cc(N4CCOCC4)sc3n2)CC(CC)N1CCC#N. The molecule has 5 heterocycles. The summed E-state index contributed by atoms with van der Waals surface area (Å²) in [5, 5.41) is 25.8. The first-order valence-electron chi connectivity index (χ1n) is 13.4. The van der Waals surface area contributed by atoms with Gasteiger partial charge in [0.1, 0.15) is 10.6 Å². The molecule has 0 amide bonds. The number of aromatic amines is 1. The quantitative estimate of drug-likeness (QED) is 0.368. The fourth-order valence-corrected chi connectivity index (χ4v) is 6.66. The molecule has 2 aliphatic heterocycles. The van der Waals surface area contributed by atoms with E-state index in [1.807, 2.05) is 13.0 Å². The lowest BCUT2D eigenvalue weighted by atomic mass is 9.88. The number of fused-ring (bicyclic) bond motifs is 1. The van der Waals surface area contributed by atoms with E-state index in [4.69, 9.17) is 20.0 Å². The predicted molar refractivity (Wildman–Crippen MR) is 149 cm³/mol. The fraction of sp³-hybridized carbons (Fsp3) is 0.615. The Morgan fingerprint density at radius 2 is 1.92 bits per heavy atom. The molecule has 0 spiro atoms. The molecule has 3 aromatic heterocycles. The summed E-state index contributed by atoms with van der Waals surface area (Å²) in [6.45, 7) is 10.6. The van der Waals surface area contributed by atoms with Crippen LogP contribution in [-0.4, -0.2) is 76.0 Å². The van der Waals surface area contributed by atoms with E-state index in [1.165, 1.54) is 5.00 Å². The summed E-state index contributed by atoms with van der Waals surface area (Å²) in [7, 11) is 0. The third-order valence-electron chi connectivity index (χ3n) is 7.46. The molecule has 0 bridgehead atoms. The normalized spacial score (nSPS) is 22.8. The molecule has 0 aromatic carbocycles. The molecule has 198 valence electrons. The molecule has 2 atom stereocenters. The lowest BCUT2D eigenvalue weighted by molar-refractivity contribution is 0.0734. The molecule has 2 unspecified atom stereocenters. The minimum Gasteiger partial charge on any atom is -0.378 e. The van der Waals surface area contributed by atoms with Gasteiger partial charge in [0, 0.05) is 55.9 Å². The highest BCUT2D eigenvalue weighted by atomic mass is 32.1. The Bertz CT molecular complexity index is 1210. The third-order valence-corrected chi connectivity index (χ3v) is 8.55. The van der Waals surface area contributed by atoms with Gasteiger partial charge in [-0.25, -0.2) is 4.98 Å². The highest BCUT2D eigenvalue weighted by Gasteiger charge is 2.34. The van der Waals surface area contributed by atoms with Crippen molar-refractivity contribution >= 4 is 44.1 Å². The van der Waals surface area contributed by atoms with Crippen molar-refractivity contribution in [2.45, 2.75) is 71.0 Å². The van der Waals surface area contributed by atoms with Gasteiger partial charge in [-0.15, -0.1) is 0 Å². The number of rotatable bonds is 9. The van der Waals surface area contributed by atoms with E-state index in [2.05, 4.69) is 56.6 Å². The number of ether oxygens (including phenoxy) is 1. The second-order valence-electron chi connectivity index (χ2n) is 9.94. The van der Waals surface area contributed by atoms with Crippen molar-refractivity contribution in [1.29, 1.82) is 5.26 Å². The maximum atomic E-state index is 9.14. The number of anilines is 4. The number of piperidine rings is 1. The number of nitriles is 1. The Labute approximate surface area is 222 Å². The second kappa shape index (κ2) is 11.6. The monoisotopic (exact) mass is 523 g/mol. The Hall–Kier alpha value is -2.94. The van der Waals surface area contributed by atoms with Crippen molar-refractivity contribution in [3.63, 3.8) is 0 Å². The van der Waals surface area contributed by atoms with Crippen LogP contribution in [0.3, 0.4) is 0 Å². The molecule has 37 heavy (non-hydrogen) atoms. The van der Waals surface area contributed by atoms with Crippen LogP contribution in [0.25, 0.3) is 10.2 Å². The highest BCUT2D eigenvalue weighted by Crippen LogP contribution is 2.37. The number of nitrogens with zero attached hydrogens (tertiary/aromatic N) is 6. The van der Waals surface area contributed by atoms with Gasteiger partial charge >= 0.3 is 0 Å². The van der Waals surface area contributed by atoms with E-state index in [9.17, 15) is 0 Å². The number of likely N-dealkylation sites (tertiary alicyclic amines) is 1. The Balaban J connectivity index is 1.42. The van der Waals surface area contributed by atoms with Gasteiger partial charge in [0.25, 0.3) is 0 Å². The topological polar surface area (TPSA) is 118 Å². The van der Waals surface area contributed by atoms with E-state index in [-0.39, 0.29) is 6.04 Å². The molecule has 0 radical (unpaired) electrons. The summed E-state index contributed by atoms with van der Waals surface area (Å²) in [6, 6.07) is 7.67. The molecule has 0 aliphatic carbocycles. The summed E-state index contributed by atoms with van der Waals surface area (Å²) >= 11 is 1.70. The van der Waals surface area contributed by atoms with Gasteiger partial charge in [-0.1, -0.05) is 25.2 Å². The van der Waals surface area contributed by atoms with Crippen LogP contribution in [0.15, 0.2) is 12.1 Å².